The number of carbonyl (C=O) groups is 2. The summed E-state index contributed by atoms with van der Waals surface area (Å²) in [6, 6.07) is 0.0377. The normalized spacial score (nSPS) is 22.4. The molecule has 0 radical (unpaired) electrons. The number of aromatic amines is 1. The number of aromatic carboxylic acids is 1. The number of H-pyrrole nitrogens is 1. The molecule has 2 N–H and O–H groups in total. The van der Waals surface area contributed by atoms with E-state index in [0.29, 0.717) is 30.0 Å². The molecule has 1 saturated heterocycles. The van der Waals surface area contributed by atoms with Crippen molar-refractivity contribution in [3.63, 3.8) is 0 Å². The number of nitrogens with one attached hydrogen (secondary N) is 1. The van der Waals surface area contributed by atoms with E-state index in [4.69, 9.17) is 9.84 Å². The van der Waals surface area contributed by atoms with Gasteiger partial charge in [0.15, 0.2) is 0 Å². The number of carboxylic acid groups (broad SMARTS) is 1. The highest BCUT2D eigenvalue weighted by molar-refractivity contribution is 6.01. The zero-order chi connectivity index (χ0) is 15.7. The van der Waals surface area contributed by atoms with Gasteiger partial charge in [-0.25, -0.2) is 4.79 Å². The molecule has 1 aromatic rings. The fourth-order valence-corrected chi connectivity index (χ4v) is 2.86. The average Bonchev–Trinajstić information content (AvgIpc) is 2.73. The first-order valence-electron chi connectivity index (χ1n) is 7.21. The Kier molecular flexibility index (Phi) is 4.37. The second kappa shape index (κ2) is 5.89. The fourth-order valence-electron chi connectivity index (χ4n) is 2.86. The minimum absolute atomic E-state index is 0.00440. The van der Waals surface area contributed by atoms with Crippen LogP contribution < -0.4 is 0 Å². The number of amides is 1. The average molecular weight is 294 g/mol. The molecule has 0 bridgehead atoms. The molecule has 2 rings (SSSR count). The second-order valence-corrected chi connectivity index (χ2v) is 5.59. The third-order valence-electron chi connectivity index (χ3n) is 4.07. The molecule has 0 aromatic carbocycles. The maximum absolute atomic E-state index is 12.8. The minimum Gasteiger partial charge on any atom is -0.477 e. The Morgan fingerprint density at radius 2 is 2.10 bits per heavy atom. The molecule has 6 heteroatoms. The van der Waals surface area contributed by atoms with Crippen LogP contribution in [-0.2, 0) is 4.74 Å². The van der Waals surface area contributed by atoms with Crippen molar-refractivity contribution in [2.75, 3.05) is 13.2 Å². The third-order valence-corrected chi connectivity index (χ3v) is 4.07. The maximum Gasteiger partial charge on any atom is 0.352 e. The van der Waals surface area contributed by atoms with Gasteiger partial charge in [-0.15, -0.1) is 0 Å². The lowest BCUT2D eigenvalue weighted by Gasteiger charge is -2.38. The van der Waals surface area contributed by atoms with Crippen LogP contribution in [0.25, 0.3) is 0 Å². The van der Waals surface area contributed by atoms with Gasteiger partial charge in [-0.2, -0.15) is 0 Å². The molecule has 2 atom stereocenters. The number of hydrogen-bond acceptors (Lipinski definition) is 3. The Hall–Kier alpha value is -1.82. The van der Waals surface area contributed by atoms with Crippen LogP contribution in [0, 0.1) is 13.8 Å². The van der Waals surface area contributed by atoms with Crippen molar-refractivity contribution in [1.29, 1.82) is 0 Å². The lowest BCUT2D eigenvalue weighted by atomic mass is 10.0. The smallest absolute Gasteiger partial charge is 0.352 e. The third kappa shape index (κ3) is 2.81. The number of carboxylic acids is 1. The molecule has 1 aliphatic heterocycles. The highest BCUT2D eigenvalue weighted by Gasteiger charge is 2.33. The molecule has 21 heavy (non-hydrogen) atoms. The van der Waals surface area contributed by atoms with E-state index in [-0.39, 0.29) is 23.7 Å². The van der Waals surface area contributed by atoms with Crippen LogP contribution >= 0.6 is 0 Å². The number of carbonyl (C=O) groups excluding carboxylic acids is 1. The molecule has 1 aromatic heterocycles. The molecule has 0 spiro atoms. The van der Waals surface area contributed by atoms with Crippen molar-refractivity contribution >= 4 is 11.9 Å². The van der Waals surface area contributed by atoms with Crippen LogP contribution in [0.15, 0.2) is 0 Å². The minimum atomic E-state index is -1.04. The molecule has 0 aliphatic carbocycles. The number of morpholine rings is 1. The molecule has 116 valence electrons. The zero-order valence-corrected chi connectivity index (χ0v) is 12.9. The lowest BCUT2D eigenvalue weighted by molar-refractivity contribution is -0.0444. The number of ether oxygens (including phenoxy) is 1. The summed E-state index contributed by atoms with van der Waals surface area (Å²) in [5.41, 5.74) is 1.66. The standard InChI is InChI=1S/C15H22N2O4/c1-5-11-7-21-8(2)6-17(11)14(18)12-9(3)13(15(19)20)16-10(12)4/h8,11,16H,5-7H2,1-4H3,(H,19,20). The number of aromatic nitrogens is 1. The summed E-state index contributed by atoms with van der Waals surface area (Å²) in [5, 5.41) is 9.16. The Morgan fingerprint density at radius 3 is 2.62 bits per heavy atom. The first-order chi connectivity index (χ1) is 9.86. The quantitative estimate of drug-likeness (QED) is 0.893. The van der Waals surface area contributed by atoms with Gasteiger partial charge in [0.1, 0.15) is 5.69 Å². The first kappa shape index (κ1) is 15.6. The molecule has 2 unspecified atom stereocenters. The molecule has 1 fully saturated rings. The highest BCUT2D eigenvalue weighted by Crippen LogP contribution is 2.24. The van der Waals surface area contributed by atoms with Gasteiger partial charge in [0.25, 0.3) is 5.91 Å². The summed E-state index contributed by atoms with van der Waals surface area (Å²) in [6.07, 6.45) is 0.808. The summed E-state index contributed by atoms with van der Waals surface area (Å²) in [7, 11) is 0. The lowest BCUT2D eigenvalue weighted by Crippen LogP contribution is -2.51. The van der Waals surface area contributed by atoms with Crippen molar-refractivity contribution in [1.82, 2.24) is 9.88 Å². The summed E-state index contributed by atoms with van der Waals surface area (Å²) >= 11 is 0. The van der Waals surface area contributed by atoms with Crippen molar-refractivity contribution in [3.8, 4) is 0 Å². The van der Waals surface area contributed by atoms with E-state index in [2.05, 4.69) is 4.98 Å². The van der Waals surface area contributed by atoms with Crippen LogP contribution in [0.2, 0.25) is 0 Å². The summed E-state index contributed by atoms with van der Waals surface area (Å²) in [5.74, 6) is -1.16. The van der Waals surface area contributed by atoms with Crippen LogP contribution in [-0.4, -0.2) is 52.2 Å². The Morgan fingerprint density at radius 1 is 1.43 bits per heavy atom. The van der Waals surface area contributed by atoms with E-state index in [1.807, 2.05) is 18.7 Å². The van der Waals surface area contributed by atoms with E-state index in [9.17, 15) is 9.59 Å². The Labute approximate surface area is 124 Å². The Bertz CT molecular complexity index is 564. The van der Waals surface area contributed by atoms with Gasteiger partial charge < -0.3 is 19.7 Å². The largest absolute Gasteiger partial charge is 0.477 e. The van der Waals surface area contributed by atoms with Crippen molar-refractivity contribution in [3.05, 3.63) is 22.5 Å². The van der Waals surface area contributed by atoms with Crippen molar-refractivity contribution in [2.45, 2.75) is 46.3 Å². The zero-order valence-electron chi connectivity index (χ0n) is 12.9. The number of nitrogens with zero attached hydrogens (tertiary/aromatic N) is 1. The molecule has 1 amide bonds. The topological polar surface area (TPSA) is 82.6 Å². The van der Waals surface area contributed by atoms with E-state index >= 15 is 0 Å². The molecular weight excluding hydrogens is 272 g/mol. The maximum atomic E-state index is 12.8. The predicted octanol–water partition coefficient (Wildman–Crippen LogP) is 1.97. The van der Waals surface area contributed by atoms with Crippen LogP contribution in [0.1, 0.15) is 52.4 Å². The predicted molar refractivity (Wildman–Crippen MR) is 77.8 cm³/mol. The van der Waals surface area contributed by atoms with E-state index in [1.54, 1.807) is 13.8 Å². The van der Waals surface area contributed by atoms with E-state index in [0.717, 1.165) is 6.42 Å². The van der Waals surface area contributed by atoms with E-state index < -0.39 is 5.97 Å². The molecule has 1 aliphatic rings. The molecule has 2 heterocycles. The SMILES string of the molecule is CCC1COC(C)CN1C(=O)c1c(C)[nH]c(C(=O)O)c1C. The number of aryl methyl sites for hydroxylation is 1. The second-order valence-electron chi connectivity index (χ2n) is 5.59. The molecule has 6 nitrogen and oxygen atoms in total. The van der Waals surface area contributed by atoms with Crippen molar-refractivity contribution in [2.24, 2.45) is 0 Å². The number of hydrogen-bond donors (Lipinski definition) is 2. The molecule has 0 saturated carbocycles. The Balaban J connectivity index is 2.37. The van der Waals surface area contributed by atoms with E-state index in [1.165, 1.54) is 0 Å². The van der Waals surface area contributed by atoms with Crippen LogP contribution in [0.5, 0.6) is 0 Å². The summed E-state index contributed by atoms with van der Waals surface area (Å²) in [4.78, 5) is 28.6. The van der Waals surface area contributed by atoms with Gasteiger partial charge in [-0.3, -0.25) is 4.79 Å². The highest BCUT2D eigenvalue weighted by atomic mass is 16.5. The van der Waals surface area contributed by atoms with Gasteiger partial charge >= 0.3 is 5.97 Å². The van der Waals surface area contributed by atoms with Gasteiger partial charge in [0, 0.05) is 12.2 Å². The van der Waals surface area contributed by atoms with Crippen molar-refractivity contribution < 1.29 is 19.4 Å². The monoisotopic (exact) mass is 294 g/mol. The summed E-state index contributed by atoms with van der Waals surface area (Å²) < 4.78 is 5.61. The first-order valence-corrected chi connectivity index (χ1v) is 7.21. The van der Waals surface area contributed by atoms with Gasteiger partial charge in [0.2, 0.25) is 0 Å². The van der Waals surface area contributed by atoms with Gasteiger partial charge in [0.05, 0.1) is 24.3 Å². The fraction of sp³-hybridized carbons (Fsp3) is 0.600. The van der Waals surface area contributed by atoms with Crippen LogP contribution in [0.4, 0.5) is 0 Å². The number of rotatable bonds is 3. The van der Waals surface area contributed by atoms with Gasteiger partial charge in [-0.05, 0) is 32.8 Å². The summed E-state index contributed by atoms with van der Waals surface area (Å²) in [6.45, 7) is 8.42. The van der Waals surface area contributed by atoms with Crippen LogP contribution in [0.3, 0.4) is 0 Å². The van der Waals surface area contributed by atoms with Gasteiger partial charge in [-0.1, -0.05) is 6.92 Å². The molecular formula is C15H22N2O4.